The fourth-order valence-electron chi connectivity index (χ4n) is 2.46. The van der Waals surface area contributed by atoms with E-state index >= 15 is 0 Å². The average Bonchev–Trinajstić information content (AvgIpc) is 2.44. The van der Waals surface area contributed by atoms with Gasteiger partial charge < -0.3 is 15.2 Å². The molecule has 1 fully saturated rings. The predicted molar refractivity (Wildman–Crippen MR) is 74.0 cm³/mol. The van der Waals surface area contributed by atoms with Crippen molar-refractivity contribution in [2.45, 2.75) is 44.8 Å². The molecule has 110 valence electrons. The molecule has 0 spiro atoms. The van der Waals surface area contributed by atoms with Gasteiger partial charge in [-0.05, 0) is 38.3 Å². The molecule has 0 aromatic heterocycles. The van der Waals surface area contributed by atoms with Crippen molar-refractivity contribution in [3.63, 3.8) is 0 Å². The Kier molecular flexibility index (Phi) is 4.60. The molecule has 2 N–H and O–H groups in total. The van der Waals surface area contributed by atoms with Gasteiger partial charge in [0.05, 0.1) is 11.7 Å². The molecule has 0 amide bonds. The second-order valence-electron chi connectivity index (χ2n) is 5.22. The highest BCUT2D eigenvalue weighted by molar-refractivity contribution is 5.90. The molecule has 0 saturated heterocycles. The molecule has 1 aromatic rings. The van der Waals surface area contributed by atoms with E-state index in [0.29, 0.717) is 12.0 Å². The number of carbonyl (C=O) groups excluding carboxylic acids is 1. The first-order chi connectivity index (χ1) is 9.51. The van der Waals surface area contributed by atoms with Crippen LogP contribution in [0.25, 0.3) is 0 Å². The Balaban J connectivity index is 2.05. The van der Waals surface area contributed by atoms with Gasteiger partial charge in [0.25, 0.3) is 0 Å². The Bertz CT molecular complexity index is 481. The molecule has 2 unspecified atom stereocenters. The SMILES string of the molecule is COC1CCCC(OC(=O)c2cc(N)c(C)c(F)c2)C1. The minimum Gasteiger partial charge on any atom is -0.459 e. The van der Waals surface area contributed by atoms with Crippen molar-refractivity contribution < 1.29 is 18.7 Å². The zero-order valence-electron chi connectivity index (χ0n) is 11.8. The highest BCUT2D eigenvalue weighted by atomic mass is 19.1. The third-order valence-corrected chi connectivity index (χ3v) is 3.81. The number of methoxy groups -OCH3 is 1. The van der Waals surface area contributed by atoms with Crippen molar-refractivity contribution in [1.82, 2.24) is 0 Å². The van der Waals surface area contributed by atoms with Gasteiger partial charge in [0.1, 0.15) is 11.9 Å². The summed E-state index contributed by atoms with van der Waals surface area (Å²) in [5.74, 6) is -1.02. The van der Waals surface area contributed by atoms with E-state index in [4.69, 9.17) is 15.2 Å². The van der Waals surface area contributed by atoms with E-state index in [-0.39, 0.29) is 23.5 Å². The zero-order chi connectivity index (χ0) is 14.7. The Morgan fingerprint density at radius 3 is 2.70 bits per heavy atom. The average molecular weight is 281 g/mol. The number of nitrogen functional groups attached to an aromatic ring is 1. The smallest absolute Gasteiger partial charge is 0.338 e. The minimum absolute atomic E-state index is 0.126. The molecule has 2 rings (SSSR count). The van der Waals surface area contributed by atoms with E-state index in [2.05, 4.69) is 0 Å². The summed E-state index contributed by atoms with van der Waals surface area (Å²) in [5.41, 5.74) is 6.43. The number of esters is 1. The number of halogens is 1. The lowest BCUT2D eigenvalue weighted by Gasteiger charge is -2.27. The van der Waals surface area contributed by atoms with E-state index in [1.54, 1.807) is 14.0 Å². The van der Waals surface area contributed by atoms with Crippen LogP contribution in [0.1, 0.15) is 41.6 Å². The molecule has 0 radical (unpaired) electrons. The number of anilines is 1. The molecule has 2 atom stereocenters. The molecule has 0 heterocycles. The van der Waals surface area contributed by atoms with E-state index < -0.39 is 11.8 Å². The van der Waals surface area contributed by atoms with Crippen LogP contribution in [0.2, 0.25) is 0 Å². The Morgan fingerprint density at radius 2 is 2.05 bits per heavy atom. The van der Waals surface area contributed by atoms with Crippen LogP contribution in [0, 0.1) is 12.7 Å². The summed E-state index contributed by atoms with van der Waals surface area (Å²) < 4.78 is 24.3. The van der Waals surface area contributed by atoms with Crippen molar-refractivity contribution in [2.24, 2.45) is 0 Å². The number of nitrogens with two attached hydrogens (primary N) is 1. The zero-order valence-corrected chi connectivity index (χ0v) is 11.8. The van der Waals surface area contributed by atoms with Crippen LogP contribution < -0.4 is 5.73 Å². The first kappa shape index (κ1) is 14.8. The first-order valence-corrected chi connectivity index (χ1v) is 6.80. The largest absolute Gasteiger partial charge is 0.459 e. The number of rotatable bonds is 3. The third kappa shape index (κ3) is 3.28. The fraction of sp³-hybridized carbons (Fsp3) is 0.533. The van der Waals surface area contributed by atoms with Crippen molar-refractivity contribution in [3.05, 3.63) is 29.1 Å². The number of hydrogen-bond acceptors (Lipinski definition) is 4. The van der Waals surface area contributed by atoms with Crippen molar-refractivity contribution in [1.29, 1.82) is 0 Å². The molecule has 5 heteroatoms. The van der Waals surface area contributed by atoms with Gasteiger partial charge in [0.2, 0.25) is 0 Å². The topological polar surface area (TPSA) is 61.5 Å². The molecule has 0 bridgehead atoms. The molecule has 1 aliphatic carbocycles. The standard InChI is InChI=1S/C15H20FNO3/c1-9-13(16)6-10(7-14(9)17)15(18)20-12-5-3-4-11(8-12)19-2/h6-7,11-12H,3-5,8,17H2,1-2H3. The molecule has 20 heavy (non-hydrogen) atoms. The van der Waals surface area contributed by atoms with Gasteiger partial charge in [-0.1, -0.05) is 0 Å². The van der Waals surface area contributed by atoms with Gasteiger partial charge in [0, 0.05) is 24.8 Å². The van der Waals surface area contributed by atoms with E-state index in [9.17, 15) is 9.18 Å². The lowest BCUT2D eigenvalue weighted by Crippen LogP contribution is -2.29. The van der Waals surface area contributed by atoms with Crippen LogP contribution >= 0.6 is 0 Å². The Hall–Kier alpha value is -1.62. The lowest BCUT2D eigenvalue weighted by atomic mass is 9.95. The van der Waals surface area contributed by atoms with Gasteiger partial charge in [-0.15, -0.1) is 0 Å². The number of hydrogen-bond donors (Lipinski definition) is 1. The maximum Gasteiger partial charge on any atom is 0.338 e. The fourth-order valence-corrected chi connectivity index (χ4v) is 2.46. The number of benzene rings is 1. The summed E-state index contributed by atoms with van der Waals surface area (Å²) in [4.78, 5) is 12.0. The monoisotopic (exact) mass is 281 g/mol. The number of carbonyl (C=O) groups is 1. The molecular weight excluding hydrogens is 261 g/mol. The quantitative estimate of drug-likeness (QED) is 0.683. The predicted octanol–water partition coefficient (Wildman–Crippen LogP) is 2.83. The summed E-state index contributed by atoms with van der Waals surface area (Å²) in [6.45, 7) is 1.57. The van der Waals surface area contributed by atoms with Crippen LogP contribution in [0.5, 0.6) is 0 Å². The van der Waals surface area contributed by atoms with Crippen LogP contribution in [0.4, 0.5) is 10.1 Å². The third-order valence-electron chi connectivity index (χ3n) is 3.81. The molecular formula is C15H20FNO3. The van der Waals surface area contributed by atoms with Gasteiger partial charge >= 0.3 is 5.97 Å². The molecule has 4 nitrogen and oxygen atoms in total. The maximum absolute atomic E-state index is 13.6. The van der Waals surface area contributed by atoms with Crippen LogP contribution in [0.15, 0.2) is 12.1 Å². The number of ether oxygens (including phenoxy) is 2. The van der Waals surface area contributed by atoms with Gasteiger partial charge in [-0.2, -0.15) is 0 Å². The lowest BCUT2D eigenvalue weighted by molar-refractivity contribution is -0.0149. The second kappa shape index (κ2) is 6.22. The summed E-state index contributed by atoms with van der Waals surface area (Å²) in [7, 11) is 1.66. The minimum atomic E-state index is -0.530. The van der Waals surface area contributed by atoms with Crippen molar-refractivity contribution >= 4 is 11.7 Å². The van der Waals surface area contributed by atoms with Crippen LogP contribution in [-0.4, -0.2) is 25.3 Å². The molecule has 1 saturated carbocycles. The van der Waals surface area contributed by atoms with Gasteiger partial charge in [-0.3, -0.25) is 0 Å². The first-order valence-electron chi connectivity index (χ1n) is 6.80. The maximum atomic E-state index is 13.6. The van der Waals surface area contributed by atoms with Crippen molar-refractivity contribution in [3.8, 4) is 0 Å². The highest BCUT2D eigenvalue weighted by Gasteiger charge is 2.25. The molecule has 1 aliphatic rings. The van der Waals surface area contributed by atoms with Crippen LogP contribution in [0.3, 0.4) is 0 Å². The molecule has 1 aromatic carbocycles. The van der Waals surface area contributed by atoms with Crippen molar-refractivity contribution in [2.75, 3.05) is 12.8 Å². The van der Waals surface area contributed by atoms with E-state index in [1.807, 2.05) is 0 Å². The van der Waals surface area contributed by atoms with E-state index in [0.717, 1.165) is 19.3 Å². The summed E-state index contributed by atoms with van der Waals surface area (Å²) in [6.07, 6.45) is 3.40. The Morgan fingerprint density at radius 1 is 1.35 bits per heavy atom. The van der Waals surface area contributed by atoms with Gasteiger partial charge in [-0.25, -0.2) is 9.18 Å². The van der Waals surface area contributed by atoms with Crippen LogP contribution in [-0.2, 0) is 9.47 Å². The highest BCUT2D eigenvalue weighted by Crippen LogP contribution is 2.25. The summed E-state index contributed by atoms with van der Waals surface area (Å²) in [6, 6.07) is 2.63. The molecule has 0 aliphatic heterocycles. The summed E-state index contributed by atoms with van der Waals surface area (Å²) >= 11 is 0. The normalized spacial score (nSPS) is 22.6. The van der Waals surface area contributed by atoms with Gasteiger partial charge in [0.15, 0.2) is 0 Å². The second-order valence-corrected chi connectivity index (χ2v) is 5.22. The summed E-state index contributed by atoms with van der Waals surface area (Å²) in [5, 5.41) is 0. The van der Waals surface area contributed by atoms with E-state index in [1.165, 1.54) is 12.1 Å². The Labute approximate surface area is 118 Å².